The lowest BCUT2D eigenvalue weighted by Gasteiger charge is -2.25. The lowest BCUT2D eigenvalue weighted by molar-refractivity contribution is -0.125. The molecule has 16 heavy (non-hydrogen) atoms. The van der Waals surface area contributed by atoms with Crippen molar-refractivity contribution in [3.8, 4) is 0 Å². The van der Waals surface area contributed by atoms with Crippen LogP contribution in [0.2, 0.25) is 0 Å². The standard InChI is InChI=1S/C11H22N4O/c1-11(2,9(12)16)7-15-10(13)14-6-8-4-3-5-8/h8H,3-7H2,1-2H3,(H2,12,16)(H3,13,14,15). The molecule has 0 unspecified atom stereocenters. The Kier molecular flexibility index (Phi) is 4.15. The van der Waals surface area contributed by atoms with Gasteiger partial charge in [0.1, 0.15) is 0 Å². The van der Waals surface area contributed by atoms with E-state index < -0.39 is 5.41 Å². The average molecular weight is 226 g/mol. The van der Waals surface area contributed by atoms with Crippen LogP contribution in [-0.2, 0) is 4.79 Å². The number of aliphatic imine (C=N–C) groups is 1. The molecule has 0 saturated heterocycles. The number of nitrogens with zero attached hydrogens (tertiary/aromatic N) is 1. The predicted octanol–water partition coefficient (Wildman–Crippen LogP) is 0.202. The summed E-state index contributed by atoms with van der Waals surface area (Å²) in [6.07, 6.45) is 3.86. The predicted molar refractivity (Wildman–Crippen MR) is 64.8 cm³/mol. The fraction of sp³-hybridized carbons (Fsp3) is 0.818. The number of hydrogen-bond acceptors (Lipinski definition) is 2. The summed E-state index contributed by atoms with van der Waals surface area (Å²) in [6, 6.07) is 0. The summed E-state index contributed by atoms with van der Waals surface area (Å²) in [6.45, 7) is 4.73. The lowest BCUT2D eigenvalue weighted by Crippen LogP contribution is -2.39. The number of carbonyl (C=O) groups excluding carboxylic acids is 1. The van der Waals surface area contributed by atoms with Crippen molar-refractivity contribution in [3.05, 3.63) is 0 Å². The van der Waals surface area contributed by atoms with Crippen molar-refractivity contribution in [2.24, 2.45) is 27.8 Å². The molecule has 5 N–H and O–H groups in total. The van der Waals surface area contributed by atoms with Gasteiger partial charge in [0.2, 0.25) is 5.91 Å². The molecular formula is C11H22N4O. The fourth-order valence-corrected chi connectivity index (χ4v) is 1.36. The van der Waals surface area contributed by atoms with Crippen molar-refractivity contribution in [2.75, 3.05) is 13.1 Å². The maximum atomic E-state index is 11.0. The summed E-state index contributed by atoms with van der Waals surface area (Å²) in [5.74, 6) is 0.780. The minimum Gasteiger partial charge on any atom is -0.370 e. The maximum Gasteiger partial charge on any atom is 0.224 e. The first-order valence-electron chi connectivity index (χ1n) is 5.75. The Morgan fingerprint density at radius 3 is 2.50 bits per heavy atom. The topological polar surface area (TPSA) is 93.5 Å². The molecule has 0 radical (unpaired) electrons. The van der Waals surface area contributed by atoms with Crippen molar-refractivity contribution in [3.63, 3.8) is 0 Å². The number of primary amides is 1. The number of rotatable bonds is 5. The van der Waals surface area contributed by atoms with Crippen molar-refractivity contribution in [2.45, 2.75) is 33.1 Å². The van der Waals surface area contributed by atoms with E-state index in [-0.39, 0.29) is 5.91 Å². The number of nitrogens with one attached hydrogen (secondary N) is 1. The van der Waals surface area contributed by atoms with E-state index in [0.29, 0.717) is 12.5 Å². The van der Waals surface area contributed by atoms with Gasteiger partial charge in [-0.25, -0.2) is 0 Å². The molecule has 92 valence electrons. The first-order chi connectivity index (χ1) is 7.42. The first-order valence-corrected chi connectivity index (χ1v) is 5.75. The van der Waals surface area contributed by atoms with E-state index in [2.05, 4.69) is 10.3 Å². The van der Waals surface area contributed by atoms with Crippen LogP contribution in [0, 0.1) is 11.3 Å². The van der Waals surface area contributed by atoms with Gasteiger partial charge in [0.05, 0.1) is 12.0 Å². The highest BCUT2D eigenvalue weighted by Gasteiger charge is 2.24. The molecule has 5 heteroatoms. The average Bonchev–Trinajstić information content (AvgIpc) is 2.12. The maximum absolute atomic E-state index is 11.0. The second-order valence-corrected chi connectivity index (χ2v) is 5.13. The van der Waals surface area contributed by atoms with Crippen LogP contribution < -0.4 is 16.8 Å². The summed E-state index contributed by atoms with van der Waals surface area (Å²) >= 11 is 0. The van der Waals surface area contributed by atoms with E-state index >= 15 is 0 Å². The molecule has 5 nitrogen and oxygen atoms in total. The van der Waals surface area contributed by atoms with E-state index in [4.69, 9.17) is 11.5 Å². The van der Waals surface area contributed by atoms with E-state index in [1.807, 2.05) is 0 Å². The lowest BCUT2D eigenvalue weighted by atomic mass is 9.85. The third kappa shape index (κ3) is 3.72. The Morgan fingerprint density at radius 1 is 1.44 bits per heavy atom. The van der Waals surface area contributed by atoms with Crippen molar-refractivity contribution < 1.29 is 4.79 Å². The van der Waals surface area contributed by atoms with E-state index in [1.54, 1.807) is 13.8 Å². The van der Waals surface area contributed by atoms with Crippen LogP contribution in [0.5, 0.6) is 0 Å². The highest BCUT2D eigenvalue weighted by molar-refractivity contribution is 5.81. The van der Waals surface area contributed by atoms with Crippen LogP contribution >= 0.6 is 0 Å². The SMILES string of the molecule is CC(C)(CN=C(N)NCC1CCC1)C(N)=O. The normalized spacial score (nSPS) is 18.0. The molecule has 1 saturated carbocycles. The summed E-state index contributed by atoms with van der Waals surface area (Å²) in [4.78, 5) is 15.2. The third-order valence-electron chi connectivity index (χ3n) is 3.11. The minimum atomic E-state index is -0.636. The van der Waals surface area contributed by atoms with Crippen molar-refractivity contribution in [1.82, 2.24) is 5.32 Å². The zero-order chi connectivity index (χ0) is 12.2. The molecular weight excluding hydrogens is 204 g/mol. The number of amides is 1. The second-order valence-electron chi connectivity index (χ2n) is 5.13. The highest BCUT2D eigenvalue weighted by atomic mass is 16.1. The first kappa shape index (κ1) is 12.8. The Bertz CT molecular complexity index is 282. The Morgan fingerprint density at radius 2 is 2.06 bits per heavy atom. The quantitative estimate of drug-likeness (QED) is 0.462. The molecule has 1 amide bonds. The van der Waals surface area contributed by atoms with Crippen LogP contribution in [-0.4, -0.2) is 25.0 Å². The molecule has 1 aliphatic carbocycles. The highest BCUT2D eigenvalue weighted by Crippen LogP contribution is 2.25. The van der Waals surface area contributed by atoms with E-state index in [9.17, 15) is 4.79 Å². The monoisotopic (exact) mass is 226 g/mol. The Hall–Kier alpha value is -1.26. The van der Waals surface area contributed by atoms with E-state index in [0.717, 1.165) is 12.5 Å². The Balaban J connectivity index is 2.29. The zero-order valence-corrected chi connectivity index (χ0v) is 10.1. The van der Waals surface area contributed by atoms with Crippen LogP contribution in [0.1, 0.15) is 33.1 Å². The molecule has 0 heterocycles. The number of guanidine groups is 1. The second kappa shape index (κ2) is 5.18. The molecule has 1 aliphatic rings. The largest absolute Gasteiger partial charge is 0.370 e. The number of carbonyl (C=O) groups is 1. The smallest absolute Gasteiger partial charge is 0.224 e. The van der Waals surface area contributed by atoms with Gasteiger partial charge in [0.15, 0.2) is 5.96 Å². The van der Waals surface area contributed by atoms with Gasteiger partial charge in [-0.05, 0) is 32.6 Å². The zero-order valence-electron chi connectivity index (χ0n) is 10.1. The molecule has 0 aromatic rings. The van der Waals surface area contributed by atoms with Crippen LogP contribution in [0.15, 0.2) is 4.99 Å². The van der Waals surface area contributed by atoms with Gasteiger partial charge in [0, 0.05) is 6.54 Å². The molecule has 0 atom stereocenters. The van der Waals surface area contributed by atoms with E-state index in [1.165, 1.54) is 19.3 Å². The molecule has 0 aliphatic heterocycles. The van der Waals surface area contributed by atoms with Crippen molar-refractivity contribution in [1.29, 1.82) is 0 Å². The fourth-order valence-electron chi connectivity index (χ4n) is 1.36. The third-order valence-corrected chi connectivity index (χ3v) is 3.11. The molecule has 1 rings (SSSR count). The van der Waals surface area contributed by atoms with Gasteiger partial charge < -0.3 is 16.8 Å². The van der Waals surface area contributed by atoms with Crippen LogP contribution in [0.4, 0.5) is 0 Å². The molecule has 0 spiro atoms. The molecule has 0 bridgehead atoms. The number of hydrogen-bond donors (Lipinski definition) is 3. The summed E-state index contributed by atoms with van der Waals surface area (Å²) in [5, 5.41) is 3.07. The van der Waals surface area contributed by atoms with Gasteiger partial charge >= 0.3 is 0 Å². The van der Waals surface area contributed by atoms with Gasteiger partial charge in [-0.2, -0.15) is 0 Å². The summed E-state index contributed by atoms with van der Waals surface area (Å²) in [5.41, 5.74) is 10.3. The Labute approximate surface area is 96.7 Å². The number of nitrogens with two attached hydrogens (primary N) is 2. The summed E-state index contributed by atoms with van der Waals surface area (Å²) in [7, 11) is 0. The summed E-state index contributed by atoms with van der Waals surface area (Å²) < 4.78 is 0. The van der Waals surface area contributed by atoms with Crippen LogP contribution in [0.3, 0.4) is 0 Å². The van der Waals surface area contributed by atoms with Gasteiger partial charge in [-0.1, -0.05) is 6.42 Å². The van der Waals surface area contributed by atoms with Crippen molar-refractivity contribution >= 4 is 11.9 Å². The molecule has 1 fully saturated rings. The van der Waals surface area contributed by atoms with Crippen LogP contribution in [0.25, 0.3) is 0 Å². The molecule has 0 aromatic carbocycles. The minimum absolute atomic E-state index is 0.325. The molecule has 0 aromatic heterocycles. The van der Waals surface area contributed by atoms with Gasteiger partial charge in [-0.15, -0.1) is 0 Å². The van der Waals surface area contributed by atoms with Gasteiger partial charge in [-0.3, -0.25) is 9.79 Å². The van der Waals surface area contributed by atoms with Gasteiger partial charge in [0.25, 0.3) is 0 Å².